The molecule has 26 heavy (non-hydrogen) atoms. The van der Waals surface area contributed by atoms with Crippen LogP contribution in [0.15, 0.2) is 29.0 Å². The van der Waals surface area contributed by atoms with E-state index in [2.05, 4.69) is 20.2 Å². The van der Waals surface area contributed by atoms with Gasteiger partial charge in [-0.15, -0.1) is 0 Å². The van der Waals surface area contributed by atoms with Gasteiger partial charge in [0.1, 0.15) is 0 Å². The molecule has 1 saturated carbocycles. The molecule has 0 bridgehead atoms. The van der Waals surface area contributed by atoms with E-state index in [9.17, 15) is 4.79 Å². The van der Waals surface area contributed by atoms with Crippen molar-refractivity contribution >= 4 is 5.91 Å². The van der Waals surface area contributed by atoms with Crippen molar-refractivity contribution in [3.05, 3.63) is 47.2 Å². The van der Waals surface area contributed by atoms with E-state index in [1.807, 2.05) is 16.6 Å². The van der Waals surface area contributed by atoms with Gasteiger partial charge < -0.3 is 9.42 Å². The van der Waals surface area contributed by atoms with E-state index in [1.54, 1.807) is 24.5 Å². The first-order valence-electron chi connectivity index (χ1n) is 8.78. The number of pyridine rings is 1. The molecule has 1 amide bonds. The van der Waals surface area contributed by atoms with E-state index >= 15 is 0 Å². The van der Waals surface area contributed by atoms with Gasteiger partial charge in [0.05, 0.1) is 12.1 Å². The Hall–Kier alpha value is -3.03. The van der Waals surface area contributed by atoms with E-state index in [-0.39, 0.29) is 5.91 Å². The number of aryl methyl sites for hydroxylation is 1. The maximum atomic E-state index is 12.8. The van der Waals surface area contributed by atoms with Crippen LogP contribution in [0.3, 0.4) is 0 Å². The summed E-state index contributed by atoms with van der Waals surface area (Å²) in [5.74, 6) is 1.61. The Bertz CT molecular complexity index is 973. The first-order chi connectivity index (χ1) is 12.7. The van der Waals surface area contributed by atoms with Gasteiger partial charge in [-0.25, -0.2) is 0 Å². The van der Waals surface area contributed by atoms with Crippen LogP contribution in [0.25, 0.3) is 11.6 Å². The Morgan fingerprint density at radius 2 is 2.23 bits per heavy atom. The zero-order valence-corrected chi connectivity index (χ0v) is 14.4. The average Bonchev–Trinajstić information content (AvgIpc) is 3.33. The predicted octanol–water partition coefficient (Wildman–Crippen LogP) is 1.94. The molecule has 2 aliphatic rings. The summed E-state index contributed by atoms with van der Waals surface area (Å²) >= 11 is 0. The molecule has 8 nitrogen and oxygen atoms in total. The third-order valence-corrected chi connectivity index (χ3v) is 5.02. The molecule has 0 N–H and O–H groups in total. The van der Waals surface area contributed by atoms with Crippen LogP contribution in [0.4, 0.5) is 0 Å². The van der Waals surface area contributed by atoms with Crippen LogP contribution in [0.5, 0.6) is 0 Å². The number of carbonyl (C=O) groups is 1. The summed E-state index contributed by atoms with van der Waals surface area (Å²) in [6, 6.07) is 3.56. The van der Waals surface area contributed by atoms with Crippen molar-refractivity contribution in [1.29, 1.82) is 0 Å². The minimum atomic E-state index is -0.0252. The molecule has 3 aromatic heterocycles. The molecule has 1 fully saturated rings. The lowest BCUT2D eigenvalue weighted by Crippen LogP contribution is -2.36. The van der Waals surface area contributed by atoms with Crippen molar-refractivity contribution in [2.24, 2.45) is 7.05 Å². The fourth-order valence-corrected chi connectivity index (χ4v) is 3.45. The molecule has 0 aromatic carbocycles. The van der Waals surface area contributed by atoms with Gasteiger partial charge >= 0.3 is 0 Å². The normalized spacial score (nSPS) is 16.6. The molecule has 0 atom stereocenters. The van der Waals surface area contributed by atoms with Crippen LogP contribution in [-0.4, -0.2) is 42.3 Å². The molecule has 0 saturated heterocycles. The summed E-state index contributed by atoms with van der Waals surface area (Å²) in [6.07, 6.45) is 6.24. The van der Waals surface area contributed by atoms with E-state index in [0.717, 1.165) is 36.3 Å². The van der Waals surface area contributed by atoms with Crippen molar-refractivity contribution in [3.8, 4) is 11.6 Å². The second kappa shape index (κ2) is 5.76. The lowest BCUT2D eigenvalue weighted by molar-refractivity contribution is 0.0733. The molecule has 4 heterocycles. The van der Waals surface area contributed by atoms with Crippen LogP contribution in [0.2, 0.25) is 0 Å². The first kappa shape index (κ1) is 15.2. The quantitative estimate of drug-likeness (QED) is 0.717. The van der Waals surface area contributed by atoms with E-state index in [1.165, 1.54) is 0 Å². The van der Waals surface area contributed by atoms with Crippen molar-refractivity contribution < 1.29 is 9.32 Å². The zero-order chi connectivity index (χ0) is 17.7. The first-order valence-corrected chi connectivity index (χ1v) is 8.78. The van der Waals surface area contributed by atoms with Crippen LogP contribution >= 0.6 is 0 Å². The molecular formula is C18H18N6O2. The van der Waals surface area contributed by atoms with Crippen molar-refractivity contribution in [3.63, 3.8) is 0 Å². The van der Waals surface area contributed by atoms with Crippen molar-refractivity contribution in [2.45, 2.75) is 31.7 Å². The second-order valence-electron chi connectivity index (χ2n) is 6.85. The molecule has 8 heteroatoms. The molecule has 0 spiro atoms. The van der Waals surface area contributed by atoms with Gasteiger partial charge in [-0.05, 0) is 25.0 Å². The third-order valence-electron chi connectivity index (χ3n) is 5.02. The molecular weight excluding hydrogens is 332 g/mol. The largest absolute Gasteiger partial charge is 0.334 e. The maximum absolute atomic E-state index is 12.8. The molecule has 132 valence electrons. The fraction of sp³-hybridized carbons (Fsp3) is 0.389. The highest BCUT2D eigenvalue weighted by Gasteiger charge is 2.32. The Morgan fingerprint density at radius 3 is 3.00 bits per heavy atom. The highest BCUT2D eigenvalue weighted by Crippen LogP contribution is 2.39. The predicted molar refractivity (Wildman–Crippen MR) is 91.2 cm³/mol. The van der Waals surface area contributed by atoms with E-state index in [4.69, 9.17) is 4.52 Å². The molecule has 0 unspecified atom stereocenters. The summed E-state index contributed by atoms with van der Waals surface area (Å²) in [6.45, 7) is 1.13. The number of aromatic nitrogens is 5. The number of nitrogens with zero attached hydrogens (tertiary/aromatic N) is 6. The van der Waals surface area contributed by atoms with Gasteiger partial charge in [-0.2, -0.15) is 10.1 Å². The second-order valence-corrected chi connectivity index (χ2v) is 6.85. The van der Waals surface area contributed by atoms with Gasteiger partial charge in [-0.1, -0.05) is 5.16 Å². The van der Waals surface area contributed by atoms with Gasteiger partial charge in [-0.3, -0.25) is 14.5 Å². The highest BCUT2D eigenvalue weighted by molar-refractivity contribution is 5.94. The van der Waals surface area contributed by atoms with Crippen LogP contribution < -0.4 is 0 Å². The van der Waals surface area contributed by atoms with Crippen molar-refractivity contribution in [2.75, 3.05) is 6.54 Å². The number of hydrogen-bond acceptors (Lipinski definition) is 6. The maximum Gasteiger partial charge on any atom is 0.278 e. The molecule has 5 rings (SSSR count). The van der Waals surface area contributed by atoms with E-state index < -0.39 is 0 Å². The minimum Gasteiger partial charge on any atom is -0.334 e. The third kappa shape index (κ3) is 2.49. The molecule has 1 aliphatic heterocycles. The number of fused-ring (bicyclic) bond motifs is 1. The van der Waals surface area contributed by atoms with Crippen LogP contribution in [0, 0.1) is 0 Å². The monoisotopic (exact) mass is 350 g/mol. The molecule has 1 aliphatic carbocycles. The summed E-state index contributed by atoms with van der Waals surface area (Å²) in [4.78, 5) is 23.2. The lowest BCUT2D eigenvalue weighted by atomic mass is 10.0. The highest BCUT2D eigenvalue weighted by atomic mass is 16.5. The summed E-state index contributed by atoms with van der Waals surface area (Å²) < 4.78 is 7.32. The lowest BCUT2D eigenvalue weighted by Gasteiger charge is -2.27. The van der Waals surface area contributed by atoms with Gasteiger partial charge in [0.25, 0.3) is 11.8 Å². The fourth-order valence-electron chi connectivity index (χ4n) is 3.45. The van der Waals surface area contributed by atoms with Gasteiger partial charge in [0.2, 0.25) is 0 Å². The number of carbonyl (C=O) groups excluding carboxylic acids is 1. The number of hydrogen-bond donors (Lipinski definition) is 0. The smallest absolute Gasteiger partial charge is 0.278 e. The molecule has 0 radical (unpaired) electrons. The van der Waals surface area contributed by atoms with E-state index in [0.29, 0.717) is 36.2 Å². The Kier molecular flexibility index (Phi) is 3.37. The standard InChI is InChI=1S/C18H18N6O2/c1-23-14-6-8-24(18(25)12-3-2-7-19-9-12)10-13(14)15(21-23)17-20-16(22-26-17)11-4-5-11/h2-3,7,9,11H,4-6,8,10H2,1H3. The Labute approximate surface area is 149 Å². The molecule has 3 aromatic rings. The topological polar surface area (TPSA) is 89.9 Å². The summed E-state index contributed by atoms with van der Waals surface area (Å²) in [7, 11) is 1.92. The van der Waals surface area contributed by atoms with Gasteiger partial charge in [0, 0.05) is 49.6 Å². The summed E-state index contributed by atoms with van der Waals surface area (Å²) in [5.41, 5.74) is 3.38. The minimum absolute atomic E-state index is 0.0252. The number of amides is 1. The number of rotatable bonds is 3. The van der Waals surface area contributed by atoms with Crippen molar-refractivity contribution in [1.82, 2.24) is 29.8 Å². The Balaban J connectivity index is 1.47. The SMILES string of the molecule is Cn1nc(-c2nc(C3CC3)no2)c2c1CCN(C(=O)c1cccnc1)C2. The van der Waals surface area contributed by atoms with Gasteiger partial charge in [0.15, 0.2) is 11.5 Å². The van der Waals surface area contributed by atoms with Crippen LogP contribution in [0.1, 0.15) is 46.2 Å². The Morgan fingerprint density at radius 1 is 1.35 bits per heavy atom. The summed E-state index contributed by atoms with van der Waals surface area (Å²) in [5, 5.41) is 8.68. The zero-order valence-electron chi connectivity index (χ0n) is 14.4. The van der Waals surface area contributed by atoms with Crippen LogP contribution in [-0.2, 0) is 20.0 Å². The average molecular weight is 350 g/mol.